The van der Waals surface area contributed by atoms with E-state index in [-0.39, 0.29) is 5.41 Å². The molecule has 7 nitrogen and oxygen atoms in total. The number of hydrogen-bond donors (Lipinski definition) is 1. The van der Waals surface area contributed by atoms with Crippen LogP contribution in [0.5, 0.6) is 0 Å². The number of hydrogen-bond acceptors (Lipinski definition) is 7. The SMILES string of the molecule is COCC1(c2nc(-c3ccc(CN4CCOCC4)cc3)no2)CCNCC1. The Bertz CT molecular complexity index is 714. The van der Waals surface area contributed by atoms with Crippen LogP contribution in [0.2, 0.25) is 0 Å². The summed E-state index contributed by atoms with van der Waals surface area (Å²) in [7, 11) is 1.73. The largest absolute Gasteiger partial charge is 0.384 e. The third-order valence-electron chi connectivity index (χ3n) is 5.58. The Balaban J connectivity index is 1.47. The van der Waals surface area contributed by atoms with Gasteiger partial charge in [-0.05, 0) is 31.5 Å². The lowest BCUT2D eigenvalue weighted by Gasteiger charge is -2.33. The Morgan fingerprint density at radius 3 is 2.59 bits per heavy atom. The van der Waals surface area contributed by atoms with Crippen LogP contribution in [-0.4, -0.2) is 68.2 Å². The van der Waals surface area contributed by atoms with E-state index >= 15 is 0 Å². The van der Waals surface area contributed by atoms with Crippen LogP contribution in [0.1, 0.15) is 24.3 Å². The smallest absolute Gasteiger partial charge is 0.235 e. The number of rotatable bonds is 6. The molecule has 1 aromatic heterocycles. The number of morpholine rings is 1. The quantitative estimate of drug-likeness (QED) is 0.829. The Labute approximate surface area is 160 Å². The highest BCUT2D eigenvalue weighted by atomic mass is 16.5. The van der Waals surface area contributed by atoms with E-state index in [1.807, 2.05) is 0 Å². The molecule has 0 bridgehead atoms. The average Bonchev–Trinajstić information content (AvgIpc) is 3.21. The molecule has 0 saturated carbocycles. The van der Waals surface area contributed by atoms with Gasteiger partial charge in [0.2, 0.25) is 11.7 Å². The Morgan fingerprint density at radius 2 is 1.89 bits per heavy atom. The van der Waals surface area contributed by atoms with E-state index < -0.39 is 0 Å². The average molecular weight is 372 g/mol. The normalized spacial score (nSPS) is 20.6. The molecular formula is C20H28N4O3. The van der Waals surface area contributed by atoms with Crippen molar-refractivity contribution in [1.29, 1.82) is 0 Å². The second-order valence-corrected chi connectivity index (χ2v) is 7.47. The Morgan fingerprint density at radius 1 is 1.15 bits per heavy atom. The molecule has 3 heterocycles. The van der Waals surface area contributed by atoms with Gasteiger partial charge in [-0.1, -0.05) is 29.4 Å². The fraction of sp³-hybridized carbons (Fsp3) is 0.600. The van der Waals surface area contributed by atoms with Crippen LogP contribution in [0.15, 0.2) is 28.8 Å². The van der Waals surface area contributed by atoms with E-state index in [9.17, 15) is 0 Å². The molecule has 7 heteroatoms. The highest BCUT2D eigenvalue weighted by Gasteiger charge is 2.39. The van der Waals surface area contributed by atoms with Crippen LogP contribution in [-0.2, 0) is 21.4 Å². The van der Waals surface area contributed by atoms with Crippen molar-refractivity contribution in [3.8, 4) is 11.4 Å². The van der Waals surface area contributed by atoms with Crippen molar-refractivity contribution in [1.82, 2.24) is 20.4 Å². The van der Waals surface area contributed by atoms with Crippen molar-refractivity contribution in [3.63, 3.8) is 0 Å². The lowest BCUT2D eigenvalue weighted by atomic mass is 9.79. The zero-order chi connectivity index (χ0) is 18.5. The van der Waals surface area contributed by atoms with Crippen LogP contribution >= 0.6 is 0 Å². The predicted octanol–water partition coefficient (Wildman–Crippen LogP) is 1.84. The lowest BCUT2D eigenvalue weighted by molar-refractivity contribution is 0.0342. The first kappa shape index (κ1) is 18.6. The zero-order valence-corrected chi connectivity index (χ0v) is 15.9. The van der Waals surface area contributed by atoms with Crippen LogP contribution in [0, 0.1) is 0 Å². The Hall–Kier alpha value is -1.80. The van der Waals surface area contributed by atoms with Crippen molar-refractivity contribution < 1.29 is 14.0 Å². The fourth-order valence-electron chi connectivity index (χ4n) is 3.93. The zero-order valence-electron chi connectivity index (χ0n) is 15.9. The van der Waals surface area contributed by atoms with E-state index in [4.69, 9.17) is 19.0 Å². The fourth-order valence-corrected chi connectivity index (χ4v) is 3.93. The van der Waals surface area contributed by atoms with Crippen molar-refractivity contribution in [2.24, 2.45) is 0 Å². The van der Waals surface area contributed by atoms with Gasteiger partial charge < -0.3 is 19.3 Å². The molecule has 0 unspecified atom stereocenters. The minimum Gasteiger partial charge on any atom is -0.384 e. The number of methoxy groups -OCH3 is 1. The molecule has 0 amide bonds. The number of piperidine rings is 1. The second kappa shape index (κ2) is 8.48. The summed E-state index contributed by atoms with van der Waals surface area (Å²) in [6.45, 7) is 7.07. The molecule has 2 aliphatic heterocycles. The maximum Gasteiger partial charge on any atom is 0.235 e. The predicted molar refractivity (Wildman–Crippen MR) is 101 cm³/mol. The number of aromatic nitrogens is 2. The summed E-state index contributed by atoms with van der Waals surface area (Å²) in [5.74, 6) is 1.34. The number of ether oxygens (including phenoxy) is 2. The van der Waals surface area contributed by atoms with Gasteiger partial charge in [-0.3, -0.25) is 4.90 Å². The van der Waals surface area contributed by atoms with Gasteiger partial charge in [0.25, 0.3) is 0 Å². The molecule has 27 heavy (non-hydrogen) atoms. The molecule has 1 aromatic carbocycles. The number of nitrogens with zero attached hydrogens (tertiary/aromatic N) is 3. The summed E-state index contributed by atoms with van der Waals surface area (Å²) >= 11 is 0. The molecule has 146 valence electrons. The van der Waals surface area contributed by atoms with Crippen LogP contribution in [0.4, 0.5) is 0 Å². The highest BCUT2D eigenvalue weighted by Crippen LogP contribution is 2.33. The molecule has 2 saturated heterocycles. The molecule has 1 N–H and O–H groups in total. The van der Waals surface area contributed by atoms with Crippen LogP contribution in [0.3, 0.4) is 0 Å². The van der Waals surface area contributed by atoms with Crippen molar-refractivity contribution in [3.05, 3.63) is 35.7 Å². The summed E-state index contributed by atoms with van der Waals surface area (Å²) in [5, 5.41) is 7.63. The molecule has 0 spiro atoms. The summed E-state index contributed by atoms with van der Waals surface area (Å²) in [4.78, 5) is 7.14. The minimum atomic E-state index is -0.179. The van der Waals surface area contributed by atoms with E-state index in [0.29, 0.717) is 18.3 Å². The topological polar surface area (TPSA) is 72.7 Å². The van der Waals surface area contributed by atoms with Gasteiger partial charge in [-0.2, -0.15) is 4.98 Å². The first-order valence-electron chi connectivity index (χ1n) is 9.72. The van der Waals surface area contributed by atoms with Gasteiger partial charge in [0.05, 0.1) is 25.2 Å². The van der Waals surface area contributed by atoms with Crippen molar-refractivity contribution in [2.75, 3.05) is 53.1 Å². The van der Waals surface area contributed by atoms with Gasteiger partial charge in [0.15, 0.2) is 0 Å². The van der Waals surface area contributed by atoms with Gasteiger partial charge in [-0.15, -0.1) is 0 Å². The summed E-state index contributed by atoms with van der Waals surface area (Å²) in [5.41, 5.74) is 2.09. The van der Waals surface area contributed by atoms with E-state index in [0.717, 1.165) is 64.3 Å². The third kappa shape index (κ3) is 4.21. The first-order chi connectivity index (χ1) is 13.3. The van der Waals surface area contributed by atoms with Crippen molar-refractivity contribution in [2.45, 2.75) is 24.8 Å². The maximum absolute atomic E-state index is 5.68. The molecule has 2 aromatic rings. The third-order valence-corrected chi connectivity index (χ3v) is 5.58. The van der Waals surface area contributed by atoms with E-state index in [2.05, 4.69) is 39.6 Å². The molecule has 2 fully saturated rings. The lowest BCUT2D eigenvalue weighted by Crippen LogP contribution is -2.43. The molecule has 2 aliphatic rings. The van der Waals surface area contributed by atoms with Crippen LogP contribution in [0.25, 0.3) is 11.4 Å². The van der Waals surface area contributed by atoms with Gasteiger partial charge in [-0.25, -0.2) is 0 Å². The molecular weight excluding hydrogens is 344 g/mol. The maximum atomic E-state index is 5.68. The van der Waals surface area contributed by atoms with Gasteiger partial charge in [0.1, 0.15) is 0 Å². The molecule has 0 atom stereocenters. The van der Waals surface area contributed by atoms with Crippen LogP contribution < -0.4 is 5.32 Å². The molecule has 0 radical (unpaired) electrons. The van der Waals surface area contributed by atoms with Gasteiger partial charge in [0, 0.05) is 32.3 Å². The molecule has 0 aliphatic carbocycles. The van der Waals surface area contributed by atoms with Crippen molar-refractivity contribution >= 4 is 0 Å². The second-order valence-electron chi connectivity index (χ2n) is 7.47. The van der Waals surface area contributed by atoms with Gasteiger partial charge >= 0.3 is 0 Å². The van der Waals surface area contributed by atoms with E-state index in [1.165, 1.54) is 5.56 Å². The van der Waals surface area contributed by atoms with E-state index in [1.54, 1.807) is 7.11 Å². The summed E-state index contributed by atoms with van der Waals surface area (Å²) in [6, 6.07) is 8.46. The summed E-state index contributed by atoms with van der Waals surface area (Å²) in [6.07, 6.45) is 1.89. The standard InChI is InChI=1S/C20H28N4O3/c1-25-15-20(6-8-21-9-7-20)19-22-18(23-27-19)17-4-2-16(3-5-17)14-24-10-12-26-13-11-24/h2-5,21H,6-15H2,1H3. The number of benzene rings is 1. The minimum absolute atomic E-state index is 0.179. The first-order valence-corrected chi connectivity index (χ1v) is 9.72. The monoisotopic (exact) mass is 372 g/mol. The molecule has 4 rings (SSSR count). The Kier molecular flexibility index (Phi) is 5.83. The highest BCUT2D eigenvalue weighted by molar-refractivity contribution is 5.54. The number of nitrogens with one attached hydrogen (secondary N) is 1. The summed E-state index contributed by atoms with van der Waals surface area (Å²) < 4.78 is 16.6.